The second-order valence-electron chi connectivity index (χ2n) is 9.30. The minimum Gasteiger partial charge on any atom is -0.349 e. The Hall–Kier alpha value is -3.78. The Kier molecular flexibility index (Phi) is 5.03. The summed E-state index contributed by atoms with van der Waals surface area (Å²) in [6, 6.07) is 6.44. The van der Waals surface area contributed by atoms with Crippen molar-refractivity contribution in [1.82, 2.24) is 34.6 Å². The smallest absolute Gasteiger partial charge is 0.253 e. The van der Waals surface area contributed by atoms with Gasteiger partial charge in [0.05, 0.1) is 29.2 Å². The van der Waals surface area contributed by atoms with Crippen LogP contribution in [0.15, 0.2) is 55.3 Å². The number of nitrogens with zero attached hydrogens (tertiary/aromatic N) is 6. The molecule has 8 heteroatoms. The molecule has 0 aromatic carbocycles. The molecule has 0 spiro atoms. The fraction of sp³-hybridized carbons (Fsp3) is 0.308. The van der Waals surface area contributed by atoms with E-state index in [4.69, 9.17) is 0 Å². The Balaban J connectivity index is 1.30. The first-order valence-electron chi connectivity index (χ1n) is 11.7. The van der Waals surface area contributed by atoms with E-state index in [0.717, 1.165) is 71.4 Å². The normalized spacial score (nSPS) is 16.6. The van der Waals surface area contributed by atoms with Crippen LogP contribution in [0.3, 0.4) is 0 Å². The largest absolute Gasteiger partial charge is 0.349 e. The molecule has 0 radical (unpaired) electrons. The van der Waals surface area contributed by atoms with Crippen molar-refractivity contribution in [2.45, 2.75) is 25.3 Å². The number of carbonyl (C=O) groups excluding carboxylic acids is 1. The number of piperidine rings is 1. The van der Waals surface area contributed by atoms with E-state index in [1.54, 1.807) is 10.9 Å². The molecule has 1 saturated heterocycles. The van der Waals surface area contributed by atoms with Gasteiger partial charge in [-0.15, -0.1) is 0 Å². The second kappa shape index (κ2) is 8.22. The summed E-state index contributed by atoms with van der Waals surface area (Å²) < 4.78 is 3.67. The van der Waals surface area contributed by atoms with Gasteiger partial charge in [0.1, 0.15) is 0 Å². The molecular weight excluding hydrogens is 426 g/mol. The lowest BCUT2D eigenvalue weighted by molar-refractivity contribution is 0.0916. The van der Waals surface area contributed by atoms with Gasteiger partial charge in [-0.3, -0.25) is 14.5 Å². The van der Waals surface area contributed by atoms with Gasteiger partial charge in [-0.1, -0.05) is 6.08 Å². The average Bonchev–Trinajstić information content (AvgIpc) is 3.57. The summed E-state index contributed by atoms with van der Waals surface area (Å²) in [6.45, 7) is 2.02. The van der Waals surface area contributed by atoms with Crippen molar-refractivity contribution < 1.29 is 4.79 Å². The third-order valence-corrected chi connectivity index (χ3v) is 6.92. The molecule has 8 nitrogen and oxygen atoms in total. The van der Waals surface area contributed by atoms with Crippen LogP contribution < -0.4 is 5.32 Å². The Bertz CT molecular complexity index is 1420. The highest BCUT2D eigenvalue weighted by molar-refractivity contribution is 5.96. The number of aromatic nitrogens is 5. The second-order valence-corrected chi connectivity index (χ2v) is 9.30. The van der Waals surface area contributed by atoms with E-state index in [1.165, 1.54) is 0 Å². The van der Waals surface area contributed by atoms with Crippen LogP contribution in [-0.2, 0) is 13.5 Å². The van der Waals surface area contributed by atoms with Crippen LogP contribution in [0, 0.1) is 0 Å². The molecule has 0 bridgehead atoms. The Morgan fingerprint density at radius 3 is 2.68 bits per heavy atom. The van der Waals surface area contributed by atoms with Gasteiger partial charge in [-0.2, -0.15) is 10.2 Å². The monoisotopic (exact) mass is 453 g/mol. The van der Waals surface area contributed by atoms with E-state index in [2.05, 4.69) is 50.7 Å². The maximum Gasteiger partial charge on any atom is 0.253 e. The number of pyridine rings is 2. The van der Waals surface area contributed by atoms with Crippen molar-refractivity contribution in [2.75, 3.05) is 20.1 Å². The predicted molar refractivity (Wildman–Crippen MR) is 130 cm³/mol. The van der Waals surface area contributed by atoms with Gasteiger partial charge in [0.25, 0.3) is 5.91 Å². The molecule has 0 saturated carbocycles. The first kappa shape index (κ1) is 20.8. The fourth-order valence-electron chi connectivity index (χ4n) is 4.95. The summed E-state index contributed by atoms with van der Waals surface area (Å²) in [4.78, 5) is 19.9. The first-order valence-corrected chi connectivity index (χ1v) is 11.7. The lowest BCUT2D eigenvalue weighted by atomic mass is 9.99. The number of rotatable bonds is 4. The van der Waals surface area contributed by atoms with Crippen LogP contribution in [-0.4, -0.2) is 61.4 Å². The minimum absolute atomic E-state index is 0.0405. The molecule has 6 rings (SSSR count). The molecule has 34 heavy (non-hydrogen) atoms. The molecule has 172 valence electrons. The summed E-state index contributed by atoms with van der Waals surface area (Å²) >= 11 is 0. The van der Waals surface area contributed by atoms with Gasteiger partial charge in [-0.05, 0) is 62.3 Å². The van der Waals surface area contributed by atoms with Crippen LogP contribution in [0.1, 0.15) is 40.0 Å². The lowest BCUT2D eigenvalue weighted by Gasteiger charge is -2.29. The van der Waals surface area contributed by atoms with Crippen LogP contribution in [0.5, 0.6) is 0 Å². The molecule has 5 heterocycles. The minimum atomic E-state index is -0.0405. The number of hydrogen-bond donors (Lipinski definition) is 1. The molecule has 1 amide bonds. The zero-order chi connectivity index (χ0) is 23.2. The van der Waals surface area contributed by atoms with E-state index in [-0.39, 0.29) is 11.9 Å². The molecule has 0 atom stereocenters. The third-order valence-electron chi connectivity index (χ3n) is 6.92. The summed E-state index contributed by atoms with van der Waals surface area (Å²) in [6.07, 6.45) is 14.3. The molecule has 1 aliphatic heterocycles. The standard InChI is InChI=1S/C26H27N7O/c1-31-8-6-20(7-9-31)30-26(34)18-11-22-21(3-4-24(22)27-13-18)17-5-10-33-25(12-17)23(15-29-33)19-14-28-32(2)16-19/h3,5,10-16,20H,4,6-9H2,1-2H3,(H,30,34). The number of likely N-dealkylation sites (tertiary alicyclic amines) is 1. The molecule has 4 aromatic rings. The van der Waals surface area contributed by atoms with Crippen LogP contribution in [0.4, 0.5) is 0 Å². The molecule has 1 N–H and O–H groups in total. The van der Waals surface area contributed by atoms with Crippen LogP contribution >= 0.6 is 0 Å². The van der Waals surface area contributed by atoms with Crippen molar-refractivity contribution in [3.05, 3.63) is 77.6 Å². The van der Waals surface area contributed by atoms with E-state index < -0.39 is 0 Å². The van der Waals surface area contributed by atoms with Gasteiger partial charge in [0.2, 0.25) is 0 Å². The van der Waals surface area contributed by atoms with Gasteiger partial charge >= 0.3 is 0 Å². The number of nitrogens with one attached hydrogen (secondary N) is 1. The summed E-state index contributed by atoms with van der Waals surface area (Å²) in [5.74, 6) is -0.0405. The molecule has 2 aliphatic rings. The molecule has 1 fully saturated rings. The average molecular weight is 454 g/mol. The van der Waals surface area contributed by atoms with Crippen molar-refractivity contribution in [3.8, 4) is 11.1 Å². The number of fused-ring (bicyclic) bond motifs is 2. The first-order chi connectivity index (χ1) is 16.5. The highest BCUT2D eigenvalue weighted by atomic mass is 16.1. The van der Waals surface area contributed by atoms with Gasteiger partial charge < -0.3 is 10.2 Å². The third kappa shape index (κ3) is 3.70. The van der Waals surface area contributed by atoms with Crippen molar-refractivity contribution in [3.63, 3.8) is 0 Å². The van der Waals surface area contributed by atoms with E-state index in [1.807, 2.05) is 42.4 Å². The molecule has 0 unspecified atom stereocenters. The summed E-state index contributed by atoms with van der Waals surface area (Å²) in [5, 5.41) is 12.0. The highest BCUT2D eigenvalue weighted by Gasteiger charge is 2.23. The molecule has 4 aromatic heterocycles. The maximum atomic E-state index is 13.0. The Morgan fingerprint density at radius 2 is 1.88 bits per heavy atom. The van der Waals surface area contributed by atoms with Gasteiger partial charge in [-0.25, -0.2) is 4.52 Å². The molecule has 1 aliphatic carbocycles. The van der Waals surface area contributed by atoms with Crippen molar-refractivity contribution in [1.29, 1.82) is 0 Å². The number of allylic oxidation sites excluding steroid dienone is 1. The summed E-state index contributed by atoms with van der Waals surface area (Å²) in [5.41, 5.74) is 7.94. The Morgan fingerprint density at radius 1 is 1.03 bits per heavy atom. The topological polar surface area (TPSA) is 80.3 Å². The number of amides is 1. The molecular formula is C26H27N7O. The van der Waals surface area contributed by atoms with E-state index in [9.17, 15) is 4.79 Å². The van der Waals surface area contributed by atoms with Crippen LogP contribution in [0.2, 0.25) is 0 Å². The Labute approximate surface area is 197 Å². The zero-order valence-electron chi connectivity index (χ0n) is 19.4. The van der Waals surface area contributed by atoms with E-state index >= 15 is 0 Å². The number of hydrogen-bond acceptors (Lipinski definition) is 5. The highest BCUT2D eigenvalue weighted by Crippen LogP contribution is 2.34. The number of carbonyl (C=O) groups is 1. The van der Waals surface area contributed by atoms with Crippen molar-refractivity contribution in [2.24, 2.45) is 7.05 Å². The predicted octanol–water partition coefficient (Wildman–Crippen LogP) is 2.94. The lowest BCUT2D eigenvalue weighted by Crippen LogP contribution is -2.43. The fourth-order valence-corrected chi connectivity index (χ4v) is 4.95. The van der Waals surface area contributed by atoms with Gasteiger partial charge in [0, 0.05) is 54.8 Å². The maximum absolute atomic E-state index is 13.0. The van der Waals surface area contributed by atoms with E-state index in [0.29, 0.717) is 5.56 Å². The van der Waals surface area contributed by atoms with Crippen molar-refractivity contribution >= 4 is 17.0 Å². The summed E-state index contributed by atoms with van der Waals surface area (Å²) in [7, 11) is 4.03. The van der Waals surface area contributed by atoms with Gasteiger partial charge in [0.15, 0.2) is 0 Å². The SMILES string of the molecule is CN1CCC(NC(=O)c2cnc3c(c2)C(c2ccn4ncc(-c5cnn(C)c5)c4c2)=CC3)CC1. The zero-order valence-corrected chi connectivity index (χ0v) is 19.4. The number of aryl methyl sites for hydroxylation is 1. The van der Waals surface area contributed by atoms with Crippen LogP contribution in [0.25, 0.3) is 22.2 Å². The quantitative estimate of drug-likeness (QED) is 0.514.